The second-order valence-corrected chi connectivity index (χ2v) is 14.8. The Balaban J connectivity index is 2.15. The molecule has 1 nitrogen and oxygen atoms in total. The Morgan fingerprint density at radius 2 is 1.42 bits per heavy atom. The van der Waals surface area contributed by atoms with E-state index in [0.29, 0.717) is 12.5 Å². The van der Waals surface area contributed by atoms with Gasteiger partial charge >= 0.3 is 0 Å². The van der Waals surface area contributed by atoms with Crippen molar-refractivity contribution in [3.05, 3.63) is 96.1 Å². The van der Waals surface area contributed by atoms with Crippen LogP contribution >= 0.6 is 0 Å². The van der Waals surface area contributed by atoms with Crippen LogP contribution in [0.2, 0.25) is 5.04 Å². The van der Waals surface area contributed by atoms with E-state index in [-0.39, 0.29) is 5.04 Å². The smallest absolute Gasteiger partial charge is 0.261 e. The summed E-state index contributed by atoms with van der Waals surface area (Å²) in [6.07, 6.45) is 12.7. The van der Waals surface area contributed by atoms with Crippen LogP contribution in [0.1, 0.15) is 67.7 Å². The molecule has 0 aliphatic heterocycles. The standard InChI is InChI=1S/C31H44OSi/c1-26(2)16-14-17-27(3)18-15-19-28(4)24-25-32-33(31(5,6)7,29-20-10-8-11-21-29)30-22-12-9-13-23-30/h8-13,15-16,19-24,27H,14,17-18,25H2,1-7H3/b19-15+,28-24+/t27-/m1/s1. The van der Waals surface area contributed by atoms with Crippen LogP contribution in [0.3, 0.4) is 0 Å². The zero-order chi connectivity index (χ0) is 24.3. The molecule has 2 heteroatoms. The average molecular weight is 461 g/mol. The van der Waals surface area contributed by atoms with Crippen molar-refractivity contribution in [2.24, 2.45) is 5.92 Å². The predicted molar refractivity (Wildman–Crippen MR) is 149 cm³/mol. The number of rotatable bonds is 11. The van der Waals surface area contributed by atoms with Crippen LogP contribution in [-0.4, -0.2) is 14.9 Å². The van der Waals surface area contributed by atoms with Gasteiger partial charge in [0, 0.05) is 0 Å². The van der Waals surface area contributed by atoms with Crippen molar-refractivity contribution in [2.75, 3.05) is 6.61 Å². The van der Waals surface area contributed by atoms with Crippen LogP contribution in [0.5, 0.6) is 0 Å². The quantitative estimate of drug-likeness (QED) is 0.188. The minimum absolute atomic E-state index is 0.00795. The molecule has 2 aromatic carbocycles. The Bertz CT molecular complexity index is 873. The molecule has 0 aliphatic carbocycles. The normalized spacial score (nSPS) is 13.8. The Kier molecular flexibility index (Phi) is 10.6. The minimum Gasteiger partial charge on any atom is -0.404 e. The van der Waals surface area contributed by atoms with Crippen molar-refractivity contribution in [3.63, 3.8) is 0 Å². The maximum atomic E-state index is 6.96. The lowest BCUT2D eigenvalue weighted by atomic mass is 10.0. The van der Waals surface area contributed by atoms with E-state index < -0.39 is 8.32 Å². The number of hydrogen-bond acceptors (Lipinski definition) is 1. The topological polar surface area (TPSA) is 9.23 Å². The van der Waals surface area contributed by atoms with Crippen molar-refractivity contribution >= 4 is 18.7 Å². The molecule has 0 saturated heterocycles. The molecule has 2 aromatic rings. The van der Waals surface area contributed by atoms with Gasteiger partial charge in [0.05, 0.1) is 6.61 Å². The lowest BCUT2D eigenvalue weighted by Crippen LogP contribution is -2.66. The largest absolute Gasteiger partial charge is 0.404 e. The van der Waals surface area contributed by atoms with Crippen LogP contribution in [0.4, 0.5) is 0 Å². The highest BCUT2D eigenvalue weighted by atomic mass is 28.4. The lowest BCUT2D eigenvalue weighted by Gasteiger charge is -2.42. The maximum Gasteiger partial charge on any atom is 0.261 e. The molecule has 0 fully saturated rings. The van der Waals surface area contributed by atoms with Crippen molar-refractivity contribution in [3.8, 4) is 0 Å². The molecule has 0 N–H and O–H groups in total. The zero-order valence-corrected chi connectivity index (χ0v) is 22.9. The van der Waals surface area contributed by atoms with Gasteiger partial charge in [0.25, 0.3) is 8.32 Å². The number of hydrogen-bond donors (Lipinski definition) is 0. The molecule has 0 amide bonds. The SMILES string of the molecule is CC(C)=CCC[C@@H](C)C/C=C/C(C)=C/CO[Si](c1ccccc1)(c1ccccc1)C(C)(C)C. The molecule has 0 aliphatic rings. The van der Waals surface area contributed by atoms with Crippen LogP contribution in [0, 0.1) is 5.92 Å². The monoisotopic (exact) mass is 460 g/mol. The molecule has 0 aromatic heterocycles. The van der Waals surface area contributed by atoms with E-state index >= 15 is 0 Å². The Labute approximate surface area is 204 Å². The van der Waals surface area contributed by atoms with Crippen LogP contribution in [0.25, 0.3) is 0 Å². The van der Waals surface area contributed by atoms with Gasteiger partial charge < -0.3 is 4.43 Å². The third-order valence-corrected chi connectivity index (χ3v) is 11.3. The summed E-state index contributed by atoms with van der Waals surface area (Å²) in [5.41, 5.74) is 2.68. The fourth-order valence-corrected chi connectivity index (χ4v) is 8.88. The molecule has 0 saturated carbocycles. The summed E-state index contributed by atoms with van der Waals surface area (Å²) in [6, 6.07) is 21.7. The van der Waals surface area contributed by atoms with Crippen LogP contribution in [-0.2, 0) is 4.43 Å². The summed E-state index contributed by atoms with van der Waals surface area (Å²) in [5.74, 6) is 0.706. The molecular weight excluding hydrogens is 416 g/mol. The van der Waals surface area contributed by atoms with E-state index in [1.807, 2.05) is 0 Å². The Morgan fingerprint density at radius 1 is 0.879 bits per heavy atom. The maximum absolute atomic E-state index is 6.96. The predicted octanol–water partition coefficient (Wildman–Crippen LogP) is 7.84. The molecule has 0 spiro atoms. The van der Waals surface area contributed by atoms with E-state index in [1.165, 1.54) is 34.4 Å². The Hall–Kier alpha value is -2.16. The summed E-state index contributed by atoms with van der Waals surface area (Å²) in [6.45, 7) is 16.5. The molecule has 1 atom stereocenters. The molecule has 0 radical (unpaired) electrons. The highest BCUT2D eigenvalue weighted by molar-refractivity contribution is 6.99. The molecule has 0 unspecified atom stereocenters. The van der Waals surface area contributed by atoms with Crippen molar-refractivity contribution < 1.29 is 4.43 Å². The second kappa shape index (κ2) is 12.9. The van der Waals surface area contributed by atoms with Gasteiger partial charge in [0.1, 0.15) is 0 Å². The molecule has 178 valence electrons. The highest BCUT2D eigenvalue weighted by Gasteiger charge is 2.49. The van der Waals surface area contributed by atoms with Crippen LogP contribution < -0.4 is 10.4 Å². The van der Waals surface area contributed by atoms with E-state index in [0.717, 1.165) is 6.42 Å². The number of allylic oxidation sites excluding steroid dienone is 5. The molecule has 33 heavy (non-hydrogen) atoms. The third kappa shape index (κ3) is 7.98. The van der Waals surface area contributed by atoms with Gasteiger partial charge in [-0.15, -0.1) is 0 Å². The van der Waals surface area contributed by atoms with E-state index in [9.17, 15) is 0 Å². The van der Waals surface area contributed by atoms with E-state index in [4.69, 9.17) is 4.43 Å². The van der Waals surface area contributed by atoms with Gasteiger partial charge in [0.15, 0.2) is 0 Å². The number of benzene rings is 2. The summed E-state index contributed by atoms with van der Waals surface area (Å²) >= 11 is 0. The first kappa shape index (κ1) is 27.1. The zero-order valence-electron chi connectivity index (χ0n) is 21.9. The summed E-state index contributed by atoms with van der Waals surface area (Å²) < 4.78 is 6.96. The van der Waals surface area contributed by atoms with Crippen molar-refractivity contribution in [2.45, 2.75) is 72.8 Å². The minimum atomic E-state index is -2.46. The summed E-state index contributed by atoms with van der Waals surface area (Å²) in [5, 5.41) is 2.67. The van der Waals surface area contributed by atoms with Gasteiger partial charge in [0.2, 0.25) is 0 Å². The van der Waals surface area contributed by atoms with E-state index in [2.05, 4.69) is 133 Å². The molecule has 0 bridgehead atoms. The molecule has 0 heterocycles. The van der Waals surface area contributed by atoms with E-state index in [1.54, 1.807) is 0 Å². The summed E-state index contributed by atoms with van der Waals surface area (Å²) in [7, 11) is -2.46. The third-order valence-electron chi connectivity index (χ3n) is 6.25. The first-order valence-corrected chi connectivity index (χ1v) is 14.3. The molecule has 2 rings (SSSR count). The fourth-order valence-electron chi connectivity index (χ4n) is 4.39. The van der Waals surface area contributed by atoms with Gasteiger partial charge in [-0.1, -0.05) is 124 Å². The lowest BCUT2D eigenvalue weighted by molar-refractivity contribution is 0.339. The van der Waals surface area contributed by atoms with Crippen LogP contribution in [0.15, 0.2) is 96.1 Å². The fraction of sp³-hybridized carbons (Fsp3) is 0.419. The van der Waals surface area contributed by atoms with Crippen molar-refractivity contribution in [1.29, 1.82) is 0 Å². The first-order valence-electron chi connectivity index (χ1n) is 12.4. The summed E-state index contributed by atoms with van der Waals surface area (Å²) in [4.78, 5) is 0. The van der Waals surface area contributed by atoms with Crippen molar-refractivity contribution in [1.82, 2.24) is 0 Å². The van der Waals surface area contributed by atoms with Gasteiger partial charge in [-0.2, -0.15) is 0 Å². The first-order chi connectivity index (χ1) is 15.7. The van der Waals surface area contributed by atoms with Gasteiger partial charge in [-0.25, -0.2) is 0 Å². The average Bonchev–Trinajstić information content (AvgIpc) is 2.77. The highest BCUT2D eigenvalue weighted by Crippen LogP contribution is 2.36. The van der Waals surface area contributed by atoms with Gasteiger partial charge in [-0.05, 0) is 61.4 Å². The van der Waals surface area contributed by atoms with Gasteiger partial charge in [-0.3, -0.25) is 0 Å². The second-order valence-electron chi connectivity index (χ2n) is 10.5. The Morgan fingerprint density at radius 3 is 1.91 bits per heavy atom. The molecular formula is C31H44OSi.